The van der Waals surface area contributed by atoms with Crippen LogP contribution in [0.2, 0.25) is 0 Å². The molecule has 0 saturated heterocycles. The van der Waals surface area contributed by atoms with Gasteiger partial charge in [-0.25, -0.2) is 0 Å². The van der Waals surface area contributed by atoms with E-state index in [0.29, 0.717) is 6.61 Å². The lowest BCUT2D eigenvalue weighted by atomic mass is 9.86. The highest BCUT2D eigenvalue weighted by Crippen LogP contribution is 2.39. The number of para-hydroxylation sites is 1. The Morgan fingerprint density at radius 1 is 1.18 bits per heavy atom. The minimum Gasteiger partial charge on any atom is -0.396 e. The Kier molecular flexibility index (Phi) is 4.06. The zero-order chi connectivity index (χ0) is 12.1. The maximum absolute atomic E-state index is 9.68. The molecule has 1 aliphatic rings. The average Bonchev–Trinajstić information content (AvgIpc) is 2.86. The smallest absolute Gasteiger partial charge is 0.0504 e. The molecule has 1 aromatic rings. The van der Waals surface area contributed by atoms with Gasteiger partial charge in [0.15, 0.2) is 0 Å². The van der Waals surface area contributed by atoms with Gasteiger partial charge in [-0.15, -0.1) is 0 Å². The molecule has 0 amide bonds. The Morgan fingerprint density at radius 2 is 1.82 bits per heavy atom. The van der Waals surface area contributed by atoms with Gasteiger partial charge in [-0.2, -0.15) is 0 Å². The lowest BCUT2D eigenvalue weighted by molar-refractivity contribution is 0.136. The minimum atomic E-state index is 0.145. The maximum Gasteiger partial charge on any atom is 0.0504 e. The third-order valence-electron chi connectivity index (χ3n) is 4.03. The molecule has 1 aliphatic carbocycles. The normalized spacial score (nSPS) is 18.2. The number of hydrogen-bond acceptors (Lipinski definition) is 2. The number of nitrogens with zero attached hydrogens (tertiary/aromatic N) is 1. The molecular formula is C15H23NO. The number of aliphatic hydroxyl groups excluding tert-OH is 1. The van der Waals surface area contributed by atoms with Gasteiger partial charge < -0.3 is 10.0 Å². The van der Waals surface area contributed by atoms with Crippen LogP contribution in [-0.4, -0.2) is 24.8 Å². The van der Waals surface area contributed by atoms with Gasteiger partial charge in [-0.3, -0.25) is 0 Å². The van der Waals surface area contributed by atoms with E-state index >= 15 is 0 Å². The highest BCUT2D eigenvalue weighted by Gasteiger charge is 2.34. The van der Waals surface area contributed by atoms with Crippen LogP contribution in [0.1, 0.15) is 32.6 Å². The average molecular weight is 233 g/mol. The van der Waals surface area contributed by atoms with Crippen molar-refractivity contribution >= 4 is 5.69 Å². The highest BCUT2D eigenvalue weighted by atomic mass is 16.3. The fourth-order valence-corrected chi connectivity index (χ4v) is 2.92. The summed E-state index contributed by atoms with van der Waals surface area (Å²) in [6.45, 7) is 4.51. The molecule has 0 bridgehead atoms. The van der Waals surface area contributed by atoms with E-state index in [2.05, 4.69) is 42.2 Å². The molecule has 0 atom stereocenters. The number of rotatable bonds is 5. The van der Waals surface area contributed by atoms with E-state index in [1.807, 2.05) is 0 Å². The van der Waals surface area contributed by atoms with Gasteiger partial charge in [0.1, 0.15) is 0 Å². The van der Waals surface area contributed by atoms with E-state index < -0.39 is 0 Å². The standard InChI is InChI=1S/C15H23NO/c1-2-16(14-8-4-3-5-9-14)12-15(13-17)10-6-7-11-15/h3-5,8-9,17H,2,6-7,10-13H2,1H3. The third kappa shape index (κ3) is 2.81. The van der Waals surface area contributed by atoms with Crippen LogP contribution in [0.5, 0.6) is 0 Å². The topological polar surface area (TPSA) is 23.5 Å². The van der Waals surface area contributed by atoms with E-state index in [4.69, 9.17) is 0 Å². The van der Waals surface area contributed by atoms with Crippen LogP contribution in [0.25, 0.3) is 0 Å². The zero-order valence-corrected chi connectivity index (χ0v) is 10.7. The summed E-state index contributed by atoms with van der Waals surface area (Å²) in [5.74, 6) is 0. The molecule has 94 valence electrons. The first-order valence-electron chi connectivity index (χ1n) is 6.70. The second kappa shape index (κ2) is 5.54. The third-order valence-corrected chi connectivity index (χ3v) is 4.03. The molecule has 0 aromatic heterocycles. The van der Waals surface area contributed by atoms with Crippen molar-refractivity contribution in [2.24, 2.45) is 5.41 Å². The summed E-state index contributed by atoms with van der Waals surface area (Å²) in [6, 6.07) is 10.5. The Hall–Kier alpha value is -1.02. The summed E-state index contributed by atoms with van der Waals surface area (Å²) in [6.07, 6.45) is 4.89. The van der Waals surface area contributed by atoms with Crippen molar-refractivity contribution in [2.45, 2.75) is 32.6 Å². The molecule has 1 N–H and O–H groups in total. The van der Waals surface area contributed by atoms with Gasteiger partial charge in [0.25, 0.3) is 0 Å². The molecule has 1 aromatic carbocycles. The SMILES string of the molecule is CCN(CC1(CO)CCCC1)c1ccccc1. The van der Waals surface area contributed by atoms with Gasteiger partial charge >= 0.3 is 0 Å². The molecule has 2 heteroatoms. The summed E-state index contributed by atoms with van der Waals surface area (Å²) < 4.78 is 0. The lowest BCUT2D eigenvalue weighted by Gasteiger charge is -2.34. The number of anilines is 1. The second-order valence-electron chi connectivity index (χ2n) is 5.21. The Bertz CT molecular complexity index is 330. The van der Waals surface area contributed by atoms with Crippen LogP contribution in [0, 0.1) is 5.41 Å². The number of benzene rings is 1. The van der Waals surface area contributed by atoms with E-state index in [1.165, 1.54) is 31.4 Å². The fraction of sp³-hybridized carbons (Fsp3) is 0.600. The molecule has 17 heavy (non-hydrogen) atoms. The number of aliphatic hydroxyl groups is 1. The summed E-state index contributed by atoms with van der Waals surface area (Å²) in [4.78, 5) is 2.39. The second-order valence-corrected chi connectivity index (χ2v) is 5.21. The predicted molar refractivity (Wildman–Crippen MR) is 72.3 cm³/mol. The van der Waals surface area contributed by atoms with Crippen LogP contribution >= 0.6 is 0 Å². The van der Waals surface area contributed by atoms with Gasteiger partial charge in [-0.1, -0.05) is 31.0 Å². The Balaban J connectivity index is 2.09. The lowest BCUT2D eigenvalue weighted by Crippen LogP contribution is -2.38. The molecule has 2 nitrogen and oxygen atoms in total. The first-order chi connectivity index (χ1) is 8.29. The molecule has 1 fully saturated rings. The Labute approximate surface area is 104 Å². The largest absolute Gasteiger partial charge is 0.396 e. The van der Waals surface area contributed by atoms with Gasteiger partial charge in [-0.05, 0) is 31.9 Å². The first kappa shape index (κ1) is 12.4. The van der Waals surface area contributed by atoms with Crippen molar-refractivity contribution < 1.29 is 5.11 Å². The Morgan fingerprint density at radius 3 is 2.35 bits per heavy atom. The molecule has 2 rings (SSSR count). The number of hydrogen-bond donors (Lipinski definition) is 1. The summed E-state index contributed by atoms with van der Waals surface area (Å²) in [7, 11) is 0. The molecule has 0 aliphatic heterocycles. The van der Waals surface area contributed by atoms with Crippen molar-refractivity contribution in [3.63, 3.8) is 0 Å². The van der Waals surface area contributed by atoms with Crippen molar-refractivity contribution in [1.29, 1.82) is 0 Å². The maximum atomic E-state index is 9.68. The van der Waals surface area contributed by atoms with Crippen LogP contribution in [0.4, 0.5) is 5.69 Å². The minimum absolute atomic E-state index is 0.145. The van der Waals surface area contributed by atoms with E-state index in [0.717, 1.165) is 13.1 Å². The first-order valence-corrected chi connectivity index (χ1v) is 6.70. The predicted octanol–water partition coefficient (Wildman–Crippen LogP) is 3.07. The van der Waals surface area contributed by atoms with Crippen LogP contribution in [0.3, 0.4) is 0 Å². The van der Waals surface area contributed by atoms with Crippen molar-refractivity contribution in [2.75, 3.05) is 24.6 Å². The molecule has 0 heterocycles. The van der Waals surface area contributed by atoms with E-state index in [1.54, 1.807) is 0 Å². The van der Waals surface area contributed by atoms with Crippen molar-refractivity contribution in [3.05, 3.63) is 30.3 Å². The van der Waals surface area contributed by atoms with E-state index in [9.17, 15) is 5.11 Å². The summed E-state index contributed by atoms with van der Waals surface area (Å²) in [5.41, 5.74) is 1.42. The molecule has 0 spiro atoms. The zero-order valence-electron chi connectivity index (χ0n) is 10.7. The van der Waals surface area contributed by atoms with Crippen LogP contribution in [0.15, 0.2) is 30.3 Å². The monoisotopic (exact) mass is 233 g/mol. The van der Waals surface area contributed by atoms with Crippen molar-refractivity contribution in [3.8, 4) is 0 Å². The highest BCUT2D eigenvalue weighted by molar-refractivity contribution is 5.46. The molecule has 0 unspecified atom stereocenters. The quantitative estimate of drug-likeness (QED) is 0.845. The molecular weight excluding hydrogens is 210 g/mol. The van der Waals surface area contributed by atoms with Gasteiger partial charge in [0.2, 0.25) is 0 Å². The van der Waals surface area contributed by atoms with Crippen molar-refractivity contribution in [1.82, 2.24) is 0 Å². The van der Waals surface area contributed by atoms with E-state index in [-0.39, 0.29) is 5.41 Å². The molecule has 1 saturated carbocycles. The summed E-state index contributed by atoms with van der Waals surface area (Å²) in [5, 5.41) is 9.68. The molecule has 0 radical (unpaired) electrons. The van der Waals surface area contributed by atoms with Crippen LogP contribution in [-0.2, 0) is 0 Å². The van der Waals surface area contributed by atoms with Gasteiger partial charge in [0, 0.05) is 24.2 Å². The summed E-state index contributed by atoms with van der Waals surface area (Å²) >= 11 is 0. The van der Waals surface area contributed by atoms with Crippen LogP contribution < -0.4 is 4.90 Å². The fourth-order valence-electron chi connectivity index (χ4n) is 2.92. The van der Waals surface area contributed by atoms with Gasteiger partial charge in [0.05, 0.1) is 6.61 Å².